The molecule has 8 heteroatoms. The summed E-state index contributed by atoms with van der Waals surface area (Å²) in [5.74, 6) is -1.31. The van der Waals surface area contributed by atoms with Gasteiger partial charge < -0.3 is 18.0 Å². The van der Waals surface area contributed by atoms with Gasteiger partial charge in [0, 0.05) is 19.6 Å². The van der Waals surface area contributed by atoms with Gasteiger partial charge in [0.25, 0.3) is 0 Å². The number of hydrogen-bond acceptors (Lipinski definition) is 7. The predicted molar refractivity (Wildman–Crippen MR) is 80.1 cm³/mol. The maximum Gasteiger partial charge on any atom is 0.532 e. The Morgan fingerprint density at radius 2 is 1.74 bits per heavy atom. The van der Waals surface area contributed by atoms with E-state index in [1.807, 2.05) is 6.08 Å². The third-order valence-electron chi connectivity index (χ3n) is 5.40. The molecule has 126 valence electrons. The molecule has 1 aliphatic carbocycles. The van der Waals surface area contributed by atoms with Gasteiger partial charge in [-0.1, -0.05) is 6.08 Å². The Balaban J connectivity index is 1.64. The molecule has 23 heavy (non-hydrogen) atoms. The van der Waals surface area contributed by atoms with Gasteiger partial charge in [0.1, 0.15) is 0 Å². The van der Waals surface area contributed by atoms with Gasteiger partial charge >= 0.3 is 20.7 Å². The summed E-state index contributed by atoms with van der Waals surface area (Å²) in [6.07, 6.45) is 2.88. The molecule has 4 aliphatic heterocycles. The van der Waals surface area contributed by atoms with Crippen molar-refractivity contribution in [2.45, 2.75) is 19.8 Å². The first-order valence-corrected chi connectivity index (χ1v) is 9.86. The van der Waals surface area contributed by atoms with Crippen LogP contribution in [0.5, 0.6) is 0 Å². The topological polar surface area (TPSA) is 74.3 Å². The number of esters is 2. The number of cyclic esters (lactones) is 2. The fourth-order valence-electron chi connectivity index (χ4n) is 3.77. The maximum absolute atomic E-state index is 12.1. The number of nitrogens with zero attached hydrogens (tertiary/aromatic N) is 1. The Hall–Kier alpha value is -1.06. The van der Waals surface area contributed by atoms with Gasteiger partial charge in [-0.15, -0.1) is 0 Å². The number of allylic oxidation sites excluding steroid dienone is 2. The zero-order chi connectivity index (χ0) is 16.1. The summed E-state index contributed by atoms with van der Waals surface area (Å²) in [5.41, 5.74) is -0.758. The van der Waals surface area contributed by atoms with Crippen LogP contribution < -0.4 is 0 Å². The van der Waals surface area contributed by atoms with Crippen molar-refractivity contribution in [3.05, 3.63) is 11.3 Å². The van der Waals surface area contributed by atoms with Crippen LogP contribution in [0.2, 0.25) is 0 Å². The molecular weight excluding hydrogens is 318 g/mol. The second-order valence-corrected chi connectivity index (χ2v) is 9.38. The standard InChI is InChI=1S/C15H21NO6Si/c1-15-3-2-11(10-12(15)13(17)22-14(15)18)23-19-7-4-16(5-8-20-23)6-9-21-23/h2,12H,3-10H2,1H3/t12-,15-/m1/s1. The first kappa shape index (κ1) is 15.5. The monoisotopic (exact) mass is 339 g/mol. The fraction of sp³-hybridized carbons (Fsp3) is 0.733. The molecule has 4 saturated heterocycles. The Morgan fingerprint density at radius 1 is 1.13 bits per heavy atom. The van der Waals surface area contributed by atoms with E-state index >= 15 is 0 Å². The van der Waals surface area contributed by atoms with E-state index in [9.17, 15) is 9.59 Å². The summed E-state index contributed by atoms with van der Waals surface area (Å²) in [6.45, 7) is 6.11. The van der Waals surface area contributed by atoms with Gasteiger partial charge in [-0.3, -0.25) is 14.5 Å². The highest BCUT2D eigenvalue weighted by atomic mass is 28.4. The average Bonchev–Trinajstić information content (AvgIpc) is 2.68. The molecule has 2 bridgehead atoms. The van der Waals surface area contributed by atoms with E-state index in [0.29, 0.717) is 32.7 Å². The second kappa shape index (κ2) is 5.49. The van der Waals surface area contributed by atoms with Crippen LogP contribution in [-0.2, 0) is 27.6 Å². The minimum atomic E-state index is -2.96. The molecule has 0 amide bonds. The Morgan fingerprint density at radius 3 is 2.35 bits per heavy atom. The zero-order valence-electron chi connectivity index (χ0n) is 13.2. The van der Waals surface area contributed by atoms with Gasteiger partial charge in [-0.25, -0.2) is 0 Å². The molecule has 0 unspecified atom stereocenters. The Kier molecular flexibility index (Phi) is 3.69. The normalized spacial score (nSPS) is 44.0. The van der Waals surface area contributed by atoms with Gasteiger partial charge in [0.2, 0.25) is 0 Å². The average molecular weight is 339 g/mol. The molecule has 5 aliphatic rings. The van der Waals surface area contributed by atoms with Crippen molar-refractivity contribution in [1.29, 1.82) is 0 Å². The summed E-state index contributed by atoms with van der Waals surface area (Å²) in [6, 6.07) is 0. The van der Waals surface area contributed by atoms with Crippen molar-refractivity contribution in [3.63, 3.8) is 0 Å². The first-order valence-electron chi connectivity index (χ1n) is 8.13. The molecule has 5 rings (SSSR count). The number of hydrogen-bond donors (Lipinski definition) is 0. The van der Waals surface area contributed by atoms with Crippen molar-refractivity contribution in [2.75, 3.05) is 39.5 Å². The summed E-state index contributed by atoms with van der Waals surface area (Å²) in [5, 5.41) is 0.932. The maximum atomic E-state index is 12.1. The van der Waals surface area contributed by atoms with E-state index in [-0.39, 0.29) is 0 Å². The van der Waals surface area contributed by atoms with Crippen LogP contribution >= 0.6 is 0 Å². The van der Waals surface area contributed by atoms with E-state index in [0.717, 1.165) is 24.8 Å². The highest BCUT2D eigenvalue weighted by Crippen LogP contribution is 2.48. The summed E-state index contributed by atoms with van der Waals surface area (Å²) in [7, 11) is -2.96. The van der Waals surface area contributed by atoms with Gasteiger partial charge in [-0.05, 0) is 25.0 Å². The molecule has 4 heterocycles. The van der Waals surface area contributed by atoms with Crippen LogP contribution in [0.3, 0.4) is 0 Å². The zero-order valence-corrected chi connectivity index (χ0v) is 14.2. The lowest BCUT2D eigenvalue weighted by Gasteiger charge is -2.41. The highest BCUT2D eigenvalue weighted by molar-refractivity contribution is 6.69. The highest BCUT2D eigenvalue weighted by Gasteiger charge is 2.59. The first-order chi connectivity index (χ1) is 11.0. The van der Waals surface area contributed by atoms with Gasteiger partial charge in [0.05, 0.1) is 31.2 Å². The van der Waals surface area contributed by atoms with Crippen LogP contribution in [-0.4, -0.2) is 65.1 Å². The van der Waals surface area contributed by atoms with Gasteiger partial charge in [0.15, 0.2) is 0 Å². The minimum absolute atomic E-state index is 0.421. The van der Waals surface area contributed by atoms with Crippen LogP contribution in [0.1, 0.15) is 19.8 Å². The molecule has 0 aromatic rings. The molecule has 0 N–H and O–H groups in total. The molecule has 4 fully saturated rings. The van der Waals surface area contributed by atoms with E-state index in [1.165, 1.54) is 0 Å². The lowest BCUT2D eigenvalue weighted by Crippen LogP contribution is -2.57. The van der Waals surface area contributed by atoms with E-state index < -0.39 is 32.1 Å². The number of carbonyl (C=O) groups excluding carboxylic acids is 2. The lowest BCUT2D eigenvalue weighted by atomic mass is 9.72. The van der Waals surface area contributed by atoms with Crippen molar-refractivity contribution in [3.8, 4) is 0 Å². The van der Waals surface area contributed by atoms with E-state index in [2.05, 4.69) is 4.90 Å². The number of ether oxygens (including phenoxy) is 1. The molecule has 2 atom stereocenters. The minimum Gasteiger partial charge on any atom is -0.392 e. The number of carbonyl (C=O) groups is 2. The summed E-state index contributed by atoms with van der Waals surface area (Å²) < 4.78 is 23.1. The fourth-order valence-corrected chi connectivity index (χ4v) is 6.46. The van der Waals surface area contributed by atoms with Crippen molar-refractivity contribution < 1.29 is 27.6 Å². The SMILES string of the molecule is C[C@@]12CC=C([Si]34OCCN(CCO3)CCO4)C[C@@H]1C(=O)OC2=O. The quantitative estimate of drug-likeness (QED) is 0.386. The molecular formula is C15H21NO6Si. The number of rotatable bonds is 1. The molecule has 0 radical (unpaired) electrons. The van der Waals surface area contributed by atoms with E-state index in [1.54, 1.807) is 6.92 Å². The van der Waals surface area contributed by atoms with Crippen molar-refractivity contribution >= 4 is 20.7 Å². The van der Waals surface area contributed by atoms with Crippen LogP contribution in [0, 0.1) is 11.3 Å². The largest absolute Gasteiger partial charge is 0.532 e. The molecule has 0 aromatic carbocycles. The Labute approximate surface area is 135 Å². The molecule has 0 saturated carbocycles. The molecule has 0 spiro atoms. The molecule has 7 nitrogen and oxygen atoms in total. The van der Waals surface area contributed by atoms with Crippen LogP contribution in [0.4, 0.5) is 0 Å². The van der Waals surface area contributed by atoms with Crippen LogP contribution in [0.15, 0.2) is 11.3 Å². The third kappa shape index (κ3) is 2.40. The van der Waals surface area contributed by atoms with Crippen molar-refractivity contribution in [1.82, 2.24) is 4.90 Å². The summed E-state index contributed by atoms with van der Waals surface area (Å²) in [4.78, 5) is 26.3. The summed E-state index contributed by atoms with van der Waals surface area (Å²) >= 11 is 0. The smallest absolute Gasteiger partial charge is 0.392 e. The van der Waals surface area contributed by atoms with Gasteiger partial charge in [-0.2, -0.15) is 0 Å². The van der Waals surface area contributed by atoms with E-state index in [4.69, 9.17) is 18.0 Å². The van der Waals surface area contributed by atoms with Crippen LogP contribution in [0.25, 0.3) is 0 Å². The number of fused-ring (bicyclic) bond motifs is 7. The third-order valence-corrected chi connectivity index (χ3v) is 8.35. The second-order valence-electron chi connectivity index (χ2n) is 6.76. The predicted octanol–water partition coefficient (Wildman–Crippen LogP) is 0.270. The Bertz CT molecular complexity index is 552. The van der Waals surface area contributed by atoms with Crippen molar-refractivity contribution in [2.24, 2.45) is 11.3 Å². The lowest BCUT2D eigenvalue weighted by molar-refractivity contribution is -0.155. The molecule has 0 aromatic heterocycles.